The van der Waals surface area contributed by atoms with Gasteiger partial charge >= 0.3 is 0 Å². The van der Waals surface area contributed by atoms with Gasteiger partial charge in [0.2, 0.25) is 5.91 Å². The predicted octanol–water partition coefficient (Wildman–Crippen LogP) is 1.43. The van der Waals surface area contributed by atoms with Gasteiger partial charge in [0.05, 0.1) is 31.0 Å². The molecular formula is C15H18N4O2. The number of benzene rings is 1. The lowest BCUT2D eigenvalue weighted by Crippen LogP contribution is -2.36. The first-order valence-corrected chi connectivity index (χ1v) is 7.03. The lowest BCUT2D eigenvalue weighted by atomic mass is 10.2. The molecule has 6 heteroatoms. The Morgan fingerprint density at radius 2 is 2.10 bits per heavy atom. The van der Waals surface area contributed by atoms with E-state index >= 15 is 0 Å². The van der Waals surface area contributed by atoms with Crippen LogP contribution in [0.15, 0.2) is 36.5 Å². The number of carbonyl (C=O) groups is 1. The molecule has 2 aromatic rings. The normalized spacial score (nSPS) is 15.0. The molecule has 1 saturated heterocycles. The van der Waals surface area contributed by atoms with E-state index in [1.807, 2.05) is 24.3 Å². The Hall–Kier alpha value is -2.34. The van der Waals surface area contributed by atoms with E-state index in [4.69, 9.17) is 4.74 Å². The number of H-pyrrole nitrogens is 1. The molecule has 6 nitrogen and oxygen atoms in total. The lowest BCUT2D eigenvalue weighted by Gasteiger charge is -2.30. The minimum absolute atomic E-state index is 0.0556. The van der Waals surface area contributed by atoms with E-state index in [-0.39, 0.29) is 12.3 Å². The number of ether oxygens (including phenoxy) is 1. The third kappa shape index (κ3) is 3.41. The maximum atomic E-state index is 12.1. The van der Waals surface area contributed by atoms with Gasteiger partial charge in [-0.1, -0.05) is 12.1 Å². The number of amides is 1. The van der Waals surface area contributed by atoms with Crippen molar-refractivity contribution in [1.29, 1.82) is 0 Å². The van der Waals surface area contributed by atoms with E-state index in [2.05, 4.69) is 20.4 Å². The average Bonchev–Trinajstić information content (AvgIpc) is 3.01. The van der Waals surface area contributed by atoms with Gasteiger partial charge in [-0.25, -0.2) is 0 Å². The molecule has 110 valence electrons. The number of carbonyl (C=O) groups excluding carboxylic acids is 1. The zero-order valence-corrected chi connectivity index (χ0v) is 11.7. The molecule has 0 saturated carbocycles. The molecule has 2 N–H and O–H groups in total. The molecule has 21 heavy (non-hydrogen) atoms. The van der Waals surface area contributed by atoms with Crippen LogP contribution in [0, 0.1) is 0 Å². The molecule has 1 aliphatic heterocycles. The highest BCUT2D eigenvalue weighted by Gasteiger charge is 2.15. The molecule has 0 aliphatic carbocycles. The van der Waals surface area contributed by atoms with Crippen LogP contribution in [-0.2, 0) is 16.0 Å². The van der Waals surface area contributed by atoms with Crippen molar-refractivity contribution < 1.29 is 9.53 Å². The molecule has 1 aliphatic rings. The molecule has 1 amide bonds. The van der Waals surface area contributed by atoms with Gasteiger partial charge in [-0.2, -0.15) is 5.10 Å². The van der Waals surface area contributed by atoms with Crippen LogP contribution in [0.1, 0.15) is 5.69 Å². The molecule has 0 bridgehead atoms. The minimum atomic E-state index is -0.0556. The van der Waals surface area contributed by atoms with E-state index in [9.17, 15) is 4.79 Å². The highest BCUT2D eigenvalue weighted by Crippen LogP contribution is 2.26. The summed E-state index contributed by atoms with van der Waals surface area (Å²) in [5, 5.41) is 9.62. The summed E-state index contributed by atoms with van der Waals surface area (Å²) in [7, 11) is 0. The van der Waals surface area contributed by atoms with Crippen LogP contribution < -0.4 is 10.2 Å². The van der Waals surface area contributed by atoms with Crippen LogP contribution in [0.5, 0.6) is 0 Å². The summed E-state index contributed by atoms with van der Waals surface area (Å²) < 4.78 is 5.37. The number of anilines is 2. The number of rotatable bonds is 4. The quantitative estimate of drug-likeness (QED) is 0.892. The van der Waals surface area contributed by atoms with Gasteiger partial charge < -0.3 is 15.0 Å². The Bertz CT molecular complexity index is 591. The summed E-state index contributed by atoms with van der Waals surface area (Å²) in [5.74, 6) is -0.0556. The summed E-state index contributed by atoms with van der Waals surface area (Å²) in [4.78, 5) is 14.3. The molecule has 1 aromatic heterocycles. The molecule has 0 unspecified atom stereocenters. The van der Waals surface area contributed by atoms with Crippen LogP contribution in [0.25, 0.3) is 0 Å². The van der Waals surface area contributed by atoms with Gasteiger partial charge in [0.1, 0.15) is 0 Å². The van der Waals surface area contributed by atoms with Crippen LogP contribution in [0.2, 0.25) is 0 Å². The van der Waals surface area contributed by atoms with Gasteiger partial charge in [0.15, 0.2) is 0 Å². The van der Waals surface area contributed by atoms with E-state index in [0.717, 1.165) is 43.4 Å². The van der Waals surface area contributed by atoms with Crippen molar-refractivity contribution >= 4 is 17.3 Å². The second kappa shape index (κ2) is 6.41. The van der Waals surface area contributed by atoms with Crippen LogP contribution in [0.4, 0.5) is 11.4 Å². The van der Waals surface area contributed by atoms with Gasteiger partial charge in [0.25, 0.3) is 0 Å². The number of aromatic nitrogens is 2. The number of para-hydroxylation sites is 2. The first-order chi connectivity index (χ1) is 10.3. The van der Waals surface area contributed by atoms with Crippen molar-refractivity contribution in [2.75, 3.05) is 36.5 Å². The second-order valence-corrected chi connectivity index (χ2v) is 4.92. The monoisotopic (exact) mass is 286 g/mol. The third-order valence-corrected chi connectivity index (χ3v) is 3.44. The molecule has 1 fully saturated rings. The first kappa shape index (κ1) is 13.6. The standard InChI is InChI=1S/C15H18N4O2/c20-15(11-12-5-6-16-18-12)17-13-3-1-2-4-14(13)19-7-9-21-10-8-19/h1-6H,7-11H2,(H,16,18)(H,17,20). The van der Waals surface area contributed by atoms with Crippen molar-refractivity contribution in [3.63, 3.8) is 0 Å². The fourth-order valence-electron chi connectivity index (χ4n) is 2.41. The van der Waals surface area contributed by atoms with Gasteiger partial charge in [0, 0.05) is 25.0 Å². The number of nitrogens with one attached hydrogen (secondary N) is 2. The molecule has 2 heterocycles. The predicted molar refractivity (Wildman–Crippen MR) is 80.4 cm³/mol. The molecular weight excluding hydrogens is 268 g/mol. The Labute approximate surface area is 123 Å². The number of nitrogens with zero attached hydrogens (tertiary/aromatic N) is 2. The number of hydrogen-bond donors (Lipinski definition) is 2. The Morgan fingerprint density at radius 3 is 2.86 bits per heavy atom. The fraction of sp³-hybridized carbons (Fsp3) is 0.333. The number of morpholine rings is 1. The molecule has 3 rings (SSSR count). The fourth-order valence-corrected chi connectivity index (χ4v) is 2.41. The topological polar surface area (TPSA) is 70.2 Å². The van der Waals surface area contributed by atoms with Gasteiger partial charge in [-0.15, -0.1) is 0 Å². The summed E-state index contributed by atoms with van der Waals surface area (Å²) in [6.07, 6.45) is 1.93. The maximum absolute atomic E-state index is 12.1. The van der Waals surface area contributed by atoms with Crippen molar-refractivity contribution in [3.05, 3.63) is 42.2 Å². The SMILES string of the molecule is O=C(Cc1ccn[nH]1)Nc1ccccc1N1CCOCC1. The van der Waals surface area contributed by atoms with Crippen LogP contribution in [0.3, 0.4) is 0 Å². The smallest absolute Gasteiger partial charge is 0.230 e. The van der Waals surface area contributed by atoms with Gasteiger partial charge in [-0.3, -0.25) is 9.89 Å². The zero-order chi connectivity index (χ0) is 14.5. The Morgan fingerprint density at radius 1 is 1.29 bits per heavy atom. The number of aromatic amines is 1. The largest absolute Gasteiger partial charge is 0.378 e. The van der Waals surface area contributed by atoms with Crippen molar-refractivity contribution in [3.8, 4) is 0 Å². The van der Waals surface area contributed by atoms with Crippen LogP contribution >= 0.6 is 0 Å². The first-order valence-electron chi connectivity index (χ1n) is 7.03. The highest BCUT2D eigenvalue weighted by molar-refractivity contribution is 5.95. The van der Waals surface area contributed by atoms with E-state index in [1.54, 1.807) is 12.3 Å². The summed E-state index contributed by atoms with van der Waals surface area (Å²) in [6, 6.07) is 9.66. The molecule has 1 aromatic carbocycles. The van der Waals surface area contributed by atoms with E-state index < -0.39 is 0 Å². The molecule has 0 atom stereocenters. The second-order valence-electron chi connectivity index (χ2n) is 4.92. The Balaban J connectivity index is 1.71. The molecule has 0 radical (unpaired) electrons. The van der Waals surface area contributed by atoms with Gasteiger partial charge in [-0.05, 0) is 18.2 Å². The van der Waals surface area contributed by atoms with Crippen LogP contribution in [-0.4, -0.2) is 42.4 Å². The summed E-state index contributed by atoms with van der Waals surface area (Å²) in [5.41, 5.74) is 2.68. The molecule has 0 spiro atoms. The number of hydrogen-bond acceptors (Lipinski definition) is 4. The average molecular weight is 286 g/mol. The maximum Gasteiger partial charge on any atom is 0.230 e. The summed E-state index contributed by atoms with van der Waals surface area (Å²) >= 11 is 0. The third-order valence-electron chi connectivity index (χ3n) is 3.44. The van der Waals surface area contributed by atoms with Crippen molar-refractivity contribution in [2.24, 2.45) is 0 Å². The lowest BCUT2D eigenvalue weighted by molar-refractivity contribution is -0.115. The Kier molecular flexibility index (Phi) is 4.16. The van der Waals surface area contributed by atoms with E-state index in [1.165, 1.54) is 0 Å². The van der Waals surface area contributed by atoms with E-state index in [0.29, 0.717) is 0 Å². The summed E-state index contributed by atoms with van der Waals surface area (Å²) in [6.45, 7) is 3.12. The van der Waals surface area contributed by atoms with Crippen molar-refractivity contribution in [2.45, 2.75) is 6.42 Å². The minimum Gasteiger partial charge on any atom is -0.378 e. The van der Waals surface area contributed by atoms with Crippen molar-refractivity contribution in [1.82, 2.24) is 10.2 Å². The highest BCUT2D eigenvalue weighted by atomic mass is 16.5. The zero-order valence-electron chi connectivity index (χ0n) is 11.7.